The minimum Gasteiger partial charge on any atom is -0.556 e. The summed E-state index contributed by atoms with van der Waals surface area (Å²) in [5, 5.41) is 0. The molecule has 11 nitrogen and oxygen atoms in total. The first-order chi connectivity index (χ1) is 13.8. The number of Topliss-reactive ketones (excluding diaryl/α,β-unsaturated/α-hetero) is 6. The van der Waals surface area contributed by atoms with E-state index in [0.29, 0.717) is 12.8 Å². The first-order valence-corrected chi connectivity index (χ1v) is 10.4. The highest BCUT2D eigenvalue weighted by Crippen LogP contribution is 2.09. The maximum atomic E-state index is 12.1. The molecule has 0 atom stereocenters. The van der Waals surface area contributed by atoms with Crippen LogP contribution in [0.15, 0.2) is 0 Å². The predicted molar refractivity (Wildman–Crippen MR) is 98.5 cm³/mol. The zero-order valence-electron chi connectivity index (χ0n) is 17.3. The Morgan fingerprint density at radius 3 is 1.27 bits per heavy atom. The molecular weight excluding hydrogens is 419 g/mol. The molecule has 0 spiro atoms. The molecule has 0 rings (SSSR count). The van der Waals surface area contributed by atoms with Gasteiger partial charge >= 0.3 is 27.1 Å². The number of hydrogen-bond acceptors (Lipinski definition) is 11. The molecule has 0 aliphatic rings. The number of rotatable bonds is 14. The lowest BCUT2D eigenvalue weighted by Crippen LogP contribution is -2.43. The van der Waals surface area contributed by atoms with Crippen molar-refractivity contribution in [1.82, 2.24) is 0 Å². The van der Waals surface area contributed by atoms with Crippen LogP contribution >= 0.6 is 0 Å². The molecular formula is C18H23AlO11. The van der Waals surface area contributed by atoms with Crippen LogP contribution < -0.4 is 0 Å². The molecule has 0 unspecified atom stereocenters. The summed E-state index contributed by atoms with van der Waals surface area (Å²) in [5.41, 5.74) is 0. The summed E-state index contributed by atoms with van der Waals surface area (Å²) in [6.45, 7) is 5.50. The quantitative estimate of drug-likeness (QED) is 0.149. The van der Waals surface area contributed by atoms with Crippen LogP contribution in [-0.4, -0.2) is 68.4 Å². The van der Waals surface area contributed by atoms with Crippen molar-refractivity contribution in [1.29, 1.82) is 0 Å². The lowest BCUT2D eigenvalue weighted by molar-refractivity contribution is -0.159. The van der Waals surface area contributed by atoms with E-state index >= 15 is 0 Å². The molecule has 0 aliphatic carbocycles. The van der Waals surface area contributed by atoms with Crippen LogP contribution in [0.3, 0.4) is 0 Å². The van der Waals surface area contributed by atoms with E-state index < -0.39 is 73.6 Å². The number of carbonyl (C=O) groups is 8. The van der Waals surface area contributed by atoms with Crippen LogP contribution in [0.1, 0.15) is 47.5 Å². The zero-order valence-corrected chi connectivity index (χ0v) is 18.5. The van der Waals surface area contributed by atoms with Gasteiger partial charge in [-0.2, -0.15) is 0 Å². The summed E-state index contributed by atoms with van der Waals surface area (Å²) in [7, 11) is 0. The van der Waals surface area contributed by atoms with Crippen LogP contribution in [0, 0.1) is 11.8 Å². The van der Waals surface area contributed by atoms with Gasteiger partial charge in [-0.1, -0.05) is 13.3 Å². The number of carbonyl (C=O) groups excluding carboxylic acids is 8. The third-order valence-electron chi connectivity index (χ3n) is 3.71. The van der Waals surface area contributed by atoms with Crippen LogP contribution in [0.4, 0.5) is 0 Å². The lowest BCUT2D eigenvalue weighted by atomic mass is 9.96. The average Bonchev–Trinajstić information content (AvgIpc) is 2.60. The molecule has 0 saturated carbocycles. The summed E-state index contributed by atoms with van der Waals surface area (Å²) in [6, 6.07) is 0. The van der Waals surface area contributed by atoms with Crippen molar-refractivity contribution in [3.63, 3.8) is 0 Å². The van der Waals surface area contributed by atoms with Crippen molar-refractivity contribution in [2.45, 2.75) is 47.5 Å². The van der Waals surface area contributed by atoms with E-state index in [0.717, 1.165) is 27.7 Å². The van der Waals surface area contributed by atoms with Crippen LogP contribution in [-0.2, 0) is 49.7 Å². The van der Waals surface area contributed by atoms with Crippen LogP contribution in [0.2, 0.25) is 0 Å². The van der Waals surface area contributed by atoms with Gasteiger partial charge in [0.2, 0.25) is 0 Å². The Balaban J connectivity index is 5.45. The SMILES string of the molecule is CCCC[O][Al]([O]C(=O)C(=O)C(C(C)=O)C(C)=O)[O]C(=O)C(=O)C(C(C)=O)C(C)=O. The second kappa shape index (κ2) is 12.9. The Morgan fingerprint density at radius 1 is 0.667 bits per heavy atom. The fraction of sp³-hybridized carbons (Fsp3) is 0.556. The monoisotopic (exact) mass is 442 g/mol. The van der Waals surface area contributed by atoms with Gasteiger partial charge in [0.1, 0.15) is 35.0 Å². The Hall–Kier alpha value is -2.55. The third-order valence-corrected chi connectivity index (χ3v) is 5.03. The summed E-state index contributed by atoms with van der Waals surface area (Å²) < 4.78 is 14.6. The fourth-order valence-electron chi connectivity index (χ4n) is 2.25. The maximum absolute atomic E-state index is 12.1. The second-order valence-corrected chi connectivity index (χ2v) is 7.74. The van der Waals surface area contributed by atoms with Crippen molar-refractivity contribution < 1.29 is 49.7 Å². The van der Waals surface area contributed by atoms with E-state index in [-0.39, 0.29) is 6.61 Å². The summed E-state index contributed by atoms with van der Waals surface area (Å²) >= 11 is -3.79. The topological polar surface area (TPSA) is 164 Å². The smallest absolute Gasteiger partial charge is 0.556 e. The van der Waals surface area contributed by atoms with Gasteiger partial charge < -0.3 is 11.4 Å². The van der Waals surface area contributed by atoms with Gasteiger partial charge in [-0.3, -0.25) is 28.8 Å². The van der Waals surface area contributed by atoms with Gasteiger partial charge in [0, 0.05) is 6.61 Å². The Labute approximate surface area is 177 Å². The van der Waals surface area contributed by atoms with E-state index in [2.05, 4.69) is 0 Å². The molecule has 0 aliphatic heterocycles. The highest BCUT2D eigenvalue weighted by Gasteiger charge is 2.48. The Morgan fingerprint density at radius 2 is 1.00 bits per heavy atom. The average molecular weight is 442 g/mol. The van der Waals surface area contributed by atoms with Crippen molar-refractivity contribution in [2.24, 2.45) is 11.8 Å². The minimum atomic E-state index is -3.79. The molecule has 0 amide bonds. The molecule has 0 heterocycles. The number of ketones is 6. The van der Waals surface area contributed by atoms with E-state index in [4.69, 9.17) is 11.4 Å². The zero-order chi connectivity index (χ0) is 23.6. The van der Waals surface area contributed by atoms with Gasteiger partial charge in [0.25, 0.3) is 11.6 Å². The number of hydrogen-bond donors (Lipinski definition) is 0. The third kappa shape index (κ3) is 8.44. The lowest BCUT2D eigenvalue weighted by Gasteiger charge is -2.15. The highest BCUT2D eigenvalue weighted by molar-refractivity contribution is 6.54. The van der Waals surface area contributed by atoms with Crippen molar-refractivity contribution in [3.05, 3.63) is 0 Å². The Kier molecular flexibility index (Phi) is 11.8. The maximum Gasteiger partial charge on any atom is 1.10 e. The van der Waals surface area contributed by atoms with E-state index in [1.54, 1.807) is 6.92 Å². The van der Waals surface area contributed by atoms with E-state index in [1.165, 1.54) is 0 Å². The molecule has 0 fully saturated rings. The fourth-order valence-corrected chi connectivity index (χ4v) is 3.38. The predicted octanol–water partition coefficient (Wildman–Crippen LogP) is -0.399. The first-order valence-electron chi connectivity index (χ1n) is 8.98. The van der Waals surface area contributed by atoms with Gasteiger partial charge in [-0.05, 0) is 34.1 Å². The normalized spacial score (nSPS) is 10.4. The molecule has 0 saturated heterocycles. The highest BCUT2D eigenvalue weighted by atomic mass is 27.3. The molecule has 0 aromatic carbocycles. The largest absolute Gasteiger partial charge is 1.10 e. The molecule has 30 heavy (non-hydrogen) atoms. The molecule has 0 radical (unpaired) electrons. The van der Waals surface area contributed by atoms with Gasteiger partial charge in [-0.15, -0.1) is 0 Å². The van der Waals surface area contributed by atoms with Gasteiger partial charge in [-0.25, -0.2) is 9.59 Å². The Bertz CT molecular complexity index is 669. The van der Waals surface area contributed by atoms with Gasteiger partial charge in [0.15, 0.2) is 0 Å². The summed E-state index contributed by atoms with van der Waals surface area (Å²) in [5.74, 6) is -13.5. The molecule has 0 N–H and O–H groups in total. The molecule has 0 aromatic heterocycles. The number of unbranched alkanes of at least 4 members (excludes halogenated alkanes) is 1. The minimum absolute atomic E-state index is 0.0536. The van der Waals surface area contributed by atoms with Crippen molar-refractivity contribution in [3.8, 4) is 0 Å². The molecule has 0 bridgehead atoms. The molecule has 164 valence electrons. The summed E-state index contributed by atoms with van der Waals surface area (Å²) in [4.78, 5) is 93.9. The van der Waals surface area contributed by atoms with Crippen LogP contribution in [0.5, 0.6) is 0 Å². The van der Waals surface area contributed by atoms with Crippen LogP contribution in [0.25, 0.3) is 0 Å². The molecule has 12 heteroatoms. The van der Waals surface area contributed by atoms with E-state index in [1.807, 2.05) is 0 Å². The first kappa shape index (κ1) is 27.5. The van der Waals surface area contributed by atoms with Gasteiger partial charge in [0.05, 0.1) is 0 Å². The van der Waals surface area contributed by atoms with Crippen molar-refractivity contribution in [2.75, 3.05) is 6.61 Å². The standard InChI is InChI=1S/2C7H8O5.C4H9O.Al/c2*1-3(8)5(4(2)9)6(10)7(11)12;1-2-3-4-5;/h2*5H,1-2H3,(H,11,12);2-4H2,1H3;/q;;-1;+3/p-2. The summed E-state index contributed by atoms with van der Waals surface area (Å²) in [6.07, 6.45) is 1.10. The van der Waals surface area contributed by atoms with E-state index in [9.17, 15) is 38.4 Å². The van der Waals surface area contributed by atoms with Crippen molar-refractivity contribution >= 4 is 61.8 Å². The molecule has 0 aromatic rings. The second-order valence-electron chi connectivity index (χ2n) is 6.36.